The van der Waals surface area contributed by atoms with Crippen LogP contribution in [0, 0.1) is 0 Å². The lowest BCUT2D eigenvalue weighted by molar-refractivity contribution is -0.123. The fraction of sp³-hybridized carbons (Fsp3) is 0.900. The quantitative estimate of drug-likeness (QED) is 0.488. The molecule has 0 fully saturated rings. The van der Waals surface area contributed by atoms with E-state index in [-0.39, 0.29) is 31.2 Å². The third kappa shape index (κ3) is 6.43. The summed E-state index contributed by atoms with van der Waals surface area (Å²) in [7, 11) is 0. The minimum atomic E-state index is -0.948. The minimum Gasteiger partial charge on any atom is -0.394 e. The number of aliphatic hydroxyl groups excluding tert-OH is 2. The van der Waals surface area contributed by atoms with Crippen LogP contribution in [-0.4, -0.2) is 47.0 Å². The molecule has 0 heterocycles. The summed E-state index contributed by atoms with van der Waals surface area (Å²) >= 11 is 0. The zero-order chi connectivity index (χ0) is 12.1. The molecular weight excluding hydrogens is 196 g/mol. The molecule has 0 aliphatic carbocycles. The molecule has 0 aliphatic rings. The standard InChI is InChI=1S/C10H22N2O3/c1-9(2,3)11-5-8(15)12-10(4,6-13)7-14/h11,13-14H,5-7H2,1-4H3,(H,12,15). The second-order valence-corrected chi connectivity index (χ2v) is 5.03. The Bertz CT molecular complexity index is 207. The topological polar surface area (TPSA) is 81.6 Å². The summed E-state index contributed by atoms with van der Waals surface area (Å²) in [5.41, 5.74) is -1.08. The Morgan fingerprint density at radius 3 is 1.93 bits per heavy atom. The molecule has 0 aromatic carbocycles. The normalized spacial score (nSPS) is 12.7. The van der Waals surface area contributed by atoms with Crippen LogP contribution < -0.4 is 10.6 Å². The van der Waals surface area contributed by atoms with Crippen LogP contribution in [-0.2, 0) is 4.79 Å². The largest absolute Gasteiger partial charge is 0.394 e. The van der Waals surface area contributed by atoms with Crippen molar-refractivity contribution in [3.63, 3.8) is 0 Å². The van der Waals surface area contributed by atoms with E-state index >= 15 is 0 Å². The third-order valence-electron chi connectivity index (χ3n) is 1.92. The van der Waals surface area contributed by atoms with Crippen LogP contribution in [0.3, 0.4) is 0 Å². The van der Waals surface area contributed by atoms with Crippen LogP contribution in [0.15, 0.2) is 0 Å². The highest BCUT2D eigenvalue weighted by atomic mass is 16.3. The van der Waals surface area contributed by atoms with E-state index in [1.165, 1.54) is 0 Å². The first-order chi connectivity index (χ1) is 6.72. The van der Waals surface area contributed by atoms with Gasteiger partial charge >= 0.3 is 0 Å². The van der Waals surface area contributed by atoms with Gasteiger partial charge in [0.05, 0.1) is 25.3 Å². The lowest BCUT2D eigenvalue weighted by Crippen LogP contribution is -2.55. The highest BCUT2D eigenvalue weighted by Crippen LogP contribution is 2.01. The van der Waals surface area contributed by atoms with Gasteiger partial charge in [0.2, 0.25) is 5.91 Å². The van der Waals surface area contributed by atoms with Crippen molar-refractivity contribution in [2.24, 2.45) is 0 Å². The first-order valence-corrected chi connectivity index (χ1v) is 5.00. The third-order valence-corrected chi connectivity index (χ3v) is 1.92. The summed E-state index contributed by atoms with van der Waals surface area (Å²) in [5, 5.41) is 23.5. The van der Waals surface area contributed by atoms with Gasteiger partial charge in [0.15, 0.2) is 0 Å². The molecular formula is C10H22N2O3. The Labute approximate surface area is 90.9 Å². The zero-order valence-corrected chi connectivity index (χ0v) is 9.92. The van der Waals surface area contributed by atoms with E-state index in [2.05, 4.69) is 10.6 Å². The molecule has 0 saturated heterocycles. The second-order valence-electron chi connectivity index (χ2n) is 5.03. The highest BCUT2D eigenvalue weighted by Gasteiger charge is 2.24. The number of hydrogen-bond acceptors (Lipinski definition) is 4. The zero-order valence-electron chi connectivity index (χ0n) is 9.92. The van der Waals surface area contributed by atoms with Gasteiger partial charge in [-0.25, -0.2) is 0 Å². The van der Waals surface area contributed by atoms with Gasteiger partial charge in [-0.15, -0.1) is 0 Å². The van der Waals surface area contributed by atoms with Crippen LogP contribution in [0.1, 0.15) is 27.7 Å². The smallest absolute Gasteiger partial charge is 0.234 e. The van der Waals surface area contributed by atoms with E-state index in [1.54, 1.807) is 6.92 Å². The summed E-state index contributed by atoms with van der Waals surface area (Å²) < 4.78 is 0. The molecule has 0 aliphatic heterocycles. The maximum Gasteiger partial charge on any atom is 0.234 e. The van der Waals surface area contributed by atoms with Crippen molar-refractivity contribution in [1.82, 2.24) is 10.6 Å². The monoisotopic (exact) mass is 218 g/mol. The molecule has 0 bridgehead atoms. The van der Waals surface area contributed by atoms with Gasteiger partial charge in [0, 0.05) is 5.54 Å². The Balaban J connectivity index is 4.04. The van der Waals surface area contributed by atoms with Crippen LogP contribution in [0.25, 0.3) is 0 Å². The van der Waals surface area contributed by atoms with E-state index in [0.29, 0.717) is 0 Å². The van der Waals surface area contributed by atoms with Gasteiger partial charge in [-0.05, 0) is 27.7 Å². The van der Waals surface area contributed by atoms with Gasteiger partial charge in [-0.2, -0.15) is 0 Å². The lowest BCUT2D eigenvalue weighted by Gasteiger charge is -2.27. The Morgan fingerprint density at radius 2 is 1.60 bits per heavy atom. The molecule has 0 rings (SSSR count). The molecule has 1 amide bonds. The van der Waals surface area contributed by atoms with Crippen LogP contribution in [0.4, 0.5) is 0 Å². The van der Waals surface area contributed by atoms with E-state index in [9.17, 15) is 4.79 Å². The maximum absolute atomic E-state index is 11.4. The fourth-order valence-corrected chi connectivity index (χ4v) is 0.855. The number of aliphatic hydroxyl groups is 2. The summed E-state index contributed by atoms with van der Waals surface area (Å²) in [6.45, 7) is 7.04. The van der Waals surface area contributed by atoms with E-state index in [0.717, 1.165) is 0 Å². The summed E-state index contributed by atoms with van der Waals surface area (Å²) in [5.74, 6) is -0.240. The molecule has 5 heteroatoms. The van der Waals surface area contributed by atoms with Gasteiger partial charge in [-0.1, -0.05) is 0 Å². The molecule has 0 unspecified atom stereocenters. The molecule has 0 aromatic heterocycles. The van der Waals surface area contributed by atoms with Crippen molar-refractivity contribution in [1.29, 1.82) is 0 Å². The van der Waals surface area contributed by atoms with E-state index in [4.69, 9.17) is 10.2 Å². The predicted octanol–water partition coefficient (Wildman–Crippen LogP) is -0.766. The van der Waals surface area contributed by atoms with Crippen molar-refractivity contribution in [2.45, 2.75) is 38.8 Å². The van der Waals surface area contributed by atoms with Crippen LogP contribution in [0.2, 0.25) is 0 Å². The molecule has 0 saturated carbocycles. The van der Waals surface area contributed by atoms with E-state index < -0.39 is 5.54 Å². The Morgan fingerprint density at radius 1 is 1.13 bits per heavy atom. The van der Waals surface area contributed by atoms with Gasteiger partial charge in [0.1, 0.15) is 0 Å². The molecule has 5 nitrogen and oxygen atoms in total. The van der Waals surface area contributed by atoms with Gasteiger partial charge in [-0.3, -0.25) is 4.79 Å². The molecule has 0 aromatic rings. The summed E-state index contributed by atoms with van der Waals surface area (Å²) in [6.07, 6.45) is 0. The lowest BCUT2D eigenvalue weighted by atomic mass is 10.1. The average molecular weight is 218 g/mol. The fourth-order valence-electron chi connectivity index (χ4n) is 0.855. The van der Waals surface area contributed by atoms with Crippen molar-refractivity contribution in [3.8, 4) is 0 Å². The number of carbonyl (C=O) groups excluding carboxylic acids is 1. The molecule has 0 spiro atoms. The highest BCUT2D eigenvalue weighted by molar-refractivity contribution is 5.78. The minimum absolute atomic E-state index is 0.133. The number of hydrogen-bond donors (Lipinski definition) is 4. The number of amides is 1. The number of carbonyl (C=O) groups is 1. The van der Waals surface area contributed by atoms with Crippen molar-refractivity contribution < 1.29 is 15.0 Å². The van der Waals surface area contributed by atoms with Gasteiger partial charge < -0.3 is 20.8 Å². The molecule has 0 radical (unpaired) electrons. The first kappa shape index (κ1) is 14.3. The van der Waals surface area contributed by atoms with Crippen molar-refractivity contribution in [2.75, 3.05) is 19.8 Å². The maximum atomic E-state index is 11.4. The Kier molecular flexibility index (Phi) is 5.20. The van der Waals surface area contributed by atoms with Crippen LogP contribution >= 0.6 is 0 Å². The van der Waals surface area contributed by atoms with Crippen molar-refractivity contribution >= 4 is 5.91 Å². The first-order valence-electron chi connectivity index (χ1n) is 5.00. The van der Waals surface area contributed by atoms with Crippen molar-refractivity contribution in [3.05, 3.63) is 0 Å². The average Bonchev–Trinajstić information content (AvgIpc) is 2.13. The molecule has 0 atom stereocenters. The van der Waals surface area contributed by atoms with Gasteiger partial charge in [0.25, 0.3) is 0 Å². The molecule has 4 N–H and O–H groups in total. The number of nitrogens with one attached hydrogen (secondary N) is 2. The van der Waals surface area contributed by atoms with E-state index in [1.807, 2.05) is 20.8 Å². The SMILES string of the molecule is CC(C)(C)NCC(=O)NC(C)(CO)CO. The predicted molar refractivity (Wildman–Crippen MR) is 58.5 cm³/mol. The molecule has 90 valence electrons. The molecule has 15 heavy (non-hydrogen) atoms. The summed E-state index contributed by atoms with van der Waals surface area (Å²) in [4.78, 5) is 11.4. The summed E-state index contributed by atoms with van der Waals surface area (Å²) in [6, 6.07) is 0. The van der Waals surface area contributed by atoms with Crippen LogP contribution in [0.5, 0.6) is 0 Å². The Hall–Kier alpha value is -0.650. The number of rotatable bonds is 5. The second kappa shape index (κ2) is 5.44.